The van der Waals surface area contributed by atoms with E-state index in [1.165, 1.54) is 0 Å². The molecular weight excluding hydrogens is 378 g/mol. The average Bonchev–Trinajstić information content (AvgIpc) is 3.41. The Morgan fingerprint density at radius 1 is 1.04 bits per heavy atom. The van der Waals surface area contributed by atoms with E-state index in [1.807, 2.05) is 0 Å². The highest BCUT2D eigenvalue weighted by Gasteiger charge is 2.48. The molecule has 3 N–H and O–H groups in total. The van der Waals surface area contributed by atoms with Gasteiger partial charge in [-0.3, -0.25) is 9.59 Å². The first-order valence-corrected chi connectivity index (χ1v) is 10.3. The van der Waals surface area contributed by atoms with Crippen LogP contribution in [0.4, 0.5) is 11.4 Å². The number of hydrogen-bond donors (Lipinski definition) is 3. The summed E-state index contributed by atoms with van der Waals surface area (Å²) in [6.07, 6.45) is 3.50. The molecule has 0 spiro atoms. The molecule has 0 aromatic heterocycles. The van der Waals surface area contributed by atoms with E-state index in [4.69, 9.17) is 0 Å². The third kappa shape index (κ3) is 4.36. The van der Waals surface area contributed by atoms with E-state index in [0.29, 0.717) is 24.5 Å². The molecule has 2 fully saturated rings. The molecule has 1 aromatic carbocycles. The van der Waals surface area contributed by atoms with E-state index in [-0.39, 0.29) is 37.1 Å². The topological polar surface area (TPSA) is 104 Å². The number of sulfone groups is 1. The Bertz CT molecular complexity index is 770. The molecule has 1 aliphatic heterocycles. The van der Waals surface area contributed by atoms with E-state index >= 15 is 0 Å². The zero-order valence-electron chi connectivity index (χ0n) is 14.6. The lowest BCUT2D eigenvalue weighted by atomic mass is 9.95. The molecule has 1 saturated carbocycles. The summed E-state index contributed by atoms with van der Waals surface area (Å²) >= 11 is 0. The maximum atomic E-state index is 12.7. The Balaban J connectivity index is 0.00000243. The first-order valence-electron chi connectivity index (χ1n) is 8.44. The van der Waals surface area contributed by atoms with Gasteiger partial charge in [0.05, 0.1) is 0 Å². The zero-order valence-corrected chi connectivity index (χ0v) is 16.2. The van der Waals surface area contributed by atoms with Crippen molar-refractivity contribution in [2.45, 2.75) is 30.4 Å². The maximum Gasteiger partial charge on any atom is 0.245 e. The molecule has 0 atom stereocenters. The molecule has 144 valence electrons. The number of hydrogen-bond acceptors (Lipinski definition) is 5. The third-order valence-corrected chi connectivity index (χ3v) is 6.91. The van der Waals surface area contributed by atoms with Crippen LogP contribution in [0.3, 0.4) is 0 Å². The van der Waals surface area contributed by atoms with Gasteiger partial charge in [0.15, 0.2) is 14.6 Å². The van der Waals surface area contributed by atoms with Gasteiger partial charge < -0.3 is 16.0 Å². The van der Waals surface area contributed by atoms with Crippen molar-refractivity contribution < 1.29 is 18.0 Å². The number of amides is 2. The van der Waals surface area contributed by atoms with Gasteiger partial charge in [-0.2, -0.15) is 0 Å². The van der Waals surface area contributed by atoms with Crippen molar-refractivity contribution >= 4 is 45.4 Å². The van der Waals surface area contributed by atoms with E-state index in [0.717, 1.165) is 19.1 Å². The van der Waals surface area contributed by atoms with Crippen molar-refractivity contribution in [3.8, 4) is 0 Å². The van der Waals surface area contributed by atoms with Crippen molar-refractivity contribution in [2.24, 2.45) is 5.92 Å². The highest BCUT2D eigenvalue weighted by molar-refractivity contribution is 7.92. The van der Waals surface area contributed by atoms with Crippen molar-refractivity contribution in [1.82, 2.24) is 5.32 Å². The maximum absolute atomic E-state index is 12.7. The lowest BCUT2D eigenvalue weighted by Gasteiger charge is -2.34. The van der Waals surface area contributed by atoms with Crippen LogP contribution in [-0.2, 0) is 19.4 Å². The Morgan fingerprint density at radius 2 is 1.54 bits per heavy atom. The molecule has 1 aliphatic carbocycles. The number of piperidine rings is 1. The van der Waals surface area contributed by atoms with Gasteiger partial charge in [0.1, 0.15) is 0 Å². The minimum absolute atomic E-state index is 0. The van der Waals surface area contributed by atoms with Crippen molar-refractivity contribution in [1.29, 1.82) is 0 Å². The number of rotatable bonds is 5. The highest BCUT2D eigenvalue weighted by Crippen LogP contribution is 2.31. The van der Waals surface area contributed by atoms with Crippen LogP contribution in [0.15, 0.2) is 24.3 Å². The lowest BCUT2D eigenvalue weighted by Crippen LogP contribution is -2.55. The van der Waals surface area contributed by atoms with E-state index in [9.17, 15) is 18.0 Å². The van der Waals surface area contributed by atoms with Crippen LogP contribution in [0, 0.1) is 5.92 Å². The summed E-state index contributed by atoms with van der Waals surface area (Å²) in [4.78, 5) is 24.5. The second kappa shape index (κ2) is 7.94. The number of halogens is 1. The van der Waals surface area contributed by atoms with Crippen LogP contribution >= 0.6 is 12.4 Å². The number of nitrogens with one attached hydrogen (secondary N) is 3. The third-order valence-electron chi connectivity index (χ3n) is 4.89. The van der Waals surface area contributed by atoms with Gasteiger partial charge in [0.2, 0.25) is 11.8 Å². The van der Waals surface area contributed by atoms with Crippen molar-refractivity contribution in [3.05, 3.63) is 24.3 Å². The zero-order chi connectivity index (χ0) is 18.1. The van der Waals surface area contributed by atoms with Gasteiger partial charge >= 0.3 is 0 Å². The van der Waals surface area contributed by atoms with Crippen molar-refractivity contribution in [2.75, 3.05) is 30.0 Å². The van der Waals surface area contributed by atoms with E-state index < -0.39 is 20.5 Å². The summed E-state index contributed by atoms with van der Waals surface area (Å²) in [7, 11) is -3.54. The van der Waals surface area contributed by atoms with Crippen LogP contribution in [0.1, 0.15) is 25.7 Å². The molecule has 9 heteroatoms. The Morgan fingerprint density at radius 3 is 2.00 bits per heavy atom. The van der Waals surface area contributed by atoms with E-state index in [2.05, 4.69) is 16.0 Å². The fraction of sp³-hybridized carbons (Fsp3) is 0.529. The van der Waals surface area contributed by atoms with Gasteiger partial charge in [-0.25, -0.2) is 8.42 Å². The van der Waals surface area contributed by atoms with E-state index in [1.54, 1.807) is 24.3 Å². The number of carbonyl (C=O) groups excluding carboxylic acids is 2. The molecule has 3 rings (SSSR count). The second-order valence-corrected chi connectivity index (χ2v) is 9.14. The molecule has 0 radical (unpaired) electrons. The quantitative estimate of drug-likeness (QED) is 0.694. The SMILES string of the molecule is CS(=O)(=O)C1(C(=O)Nc2ccc(NC(=O)C3CC3)cc2)CCNCC1.Cl. The standard InChI is InChI=1S/C17H23N3O4S.ClH/c1-25(23,24)17(8-10-18-11-9-17)16(22)20-14-6-4-13(5-7-14)19-15(21)12-2-3-12;/h4-7,12,18H,2-3,8-11H2,1H3,(H,19,21)(H,20,22);1H. The molecular formula is C17H24ClN3O4S. The van der Waals surface area contributed by atoms with Gasteiger partial charge in [-0.15, -0.1) is 12.4 Å². The molecule has 7 nitrogen and oxygen atoms in total. The molecule has 2 amide bonds. The summed E-state index contributed by atoms with van der Waals surface area (Å²) in [6.45, 7) is 0.985. The van der Waals surface area contributed by atoms with Gasteiger partial charge in [0, 0.05) is 23.5 Å². The van der Waals surface area contributed by atoms with Crippen LogP contribution in [0.5, 0.6) is 0 Å². The first-order chi connectivity index (χ1) is 11.8. The minimum Gasteiger partial charge on any atom is -0.326 e. The first kappa shape index (κ1) is 20.7. The largest absolute Gasteiger partial charge is 0.326 e. The summed E-state index contributed by atoms with van der Waals surface area (Å²) in [5.41, 5.74) is 1.17. The molecule has 26 heavy (non-hydrogen) atoms. The predicted octanol–water partition coefficient (Wildman–Crippen LogP) is 1.56. The predicted molar refractivity (Wildman–Crippen MR) is 103 cm³/mol. The fourth-order valence-electron chi connectivity index (χ4n) is 3.07. The second-order valence-electron chi connectivity index (χ2n) is 6.81. The Labute approximate surface area is 159 Å². The van der Waals surface area contributed by atoms with Crippen LogP contribution in [0.25, 0.3) is 0 Å². The number of carbonyl (C=O) groups is 2. The van der Waals surface area contributed by atoms with Crippen LogP contribution in [-0.4, -0.2) is 44.3 Å². The Kier molecular flexibility index (Phi) is 6.31. The highest BCUT2D eigenvalue weighted by atomic mass is 35.5. The molecule has 1 saturated heterocycles. The monoisotopic (exact) mass is 401 g/mol. The molecule has 2 aliphatic rings. The van der Waals surface area contributed by atoms with Gasteiger partial charge in [-0.05, 0) is 63.0 Å². The number of benzene rings is 1. The smallest absolute Gasteiger partial charge is 0.245 e. The summed E-state index contributed by atoms with van der Waals surface area (Å²) in [5.74, 6) is -0.359. The summed E-state index contributed by atoms with van der Waals surface area (Å²) in [5, 5.41) is 8.63. The number of anilines is 2. The summed E-state index contributed by atoms with van der Waals surface area (Å²) in [6, 6.07) is 6.73. The normalized spacial score (nSPS) is 19.1. The van der Waals surface area contributed by atoms with Gasteiger partial charge in [-0.1, -0.05) is 0 Å². The van der Waals surface area contributed by atoms with Gasteiger partial charge in [0.25, 0.3) is 0 Å². The summed E-state index contributed by atoms with van der Waals surface area (Å²) < 4.78 is 23.1. The molecule has 1 aromatic rings. The average molecular weight is 402 g/mol. The lowest BCUT2D eigenvalue weighted by molar-refractivity contribution is -0.119. The fourth-order valence-corrected chi connectivity index (χ4v) is 4.40. The molecule has 0 unspecified atom stereocenters. The van der Waals surface area contributed by atoms with Crippen molar-refractivity contribution in [3.63, 3.8) is 0 Å². The minimum atomic E-state index is -3.54. The Hall–Kier alpha value is -1.64. The van der Waals surface area contributed by atoms with Crippen LogP contribution in [0.2, 0.25) is 0 Å². The molecule has 0 bridgehead atoms. The molecule has 1 heterocycles. The van der Waals surface area contributed by atoms with Crippen LogP contribution < -0.4 is 16.0 Å².